The van der Waals surface area contributed by atoms with Gasteiger partial charge in [-0.25, -0.2) is 0 Å². The molecule has 0 aromatic heterocycles. The monoisotopic (exact) mass is 594 g/mol. The van der Waals surface area contributed by atoms with Gasteiger partial charge in [-0.1, -0.05) is 134 Å². The Morgan fingerprint density at radius 2 is 1.04 bits per heavy atom. The molecule has 1 unspecified atom stereocenters. The maximum Gasteiger partial charge on any atom is -0.0103 e. The number of benzene rings is 5. The summed E-state index contributed by atoms with van der Waals surface area (Å²) in [5.74, 6) is 0.497. The van der Waals surface area contributed by atoms with Crippen molar-refractivity contribution in [3.8, 4) is 33.4 Å². The van der Waals surface area contributed by atoms with Crippen LogP contribution in [0.2, 0.25) is 0 Å². The second kappa shape index (κ2) is 12.8. The van der Waals surface area contributed by atoms with E-state index in [2.05, 4.69) is 167 Å². The van der Waals surface area contributed by atoms with Crippen molar-refractivity contribution in [2.24, 2.45) is 5.92 Å². The molecule has 1 atom stereocenters. The smallest absolute Gasteiger partial charge is 0.0103 e. The fraction of sp³-hybridized carbons (Fsp3) is 0.174. The Labute approximate surface area is 275 Å². The number of rotatable bonds is 6. The van der Waals surface area contributed by atoms with Crippen molar-refractivity contribution >= 4 is 16.7 Å². The molecule has 0 fully saturated rings. The van der Waals surface area contributed by atoms with Gasteiger partial charge in [-0.2, -0.15) is 0 Å². The van der Waals surface area contributed by atoms with Gasteiger partial charge in [0.05, 0.1) is 0 Å². The molecule has 7 rings (SSSR count). The van der Waals surface area contributed by atoms with Crippen molar-refractivity contribution in [2.75, 3.05) is 0 Å². The van der Waals surface area contributed by atoms with Crippen LogP contribution in [0.3, 0.4) is 0 Å². The predicted octanol–water partition coefficient (Wildman–Crippen LogP) is 12.9. The summed E-state index contributed by atoms with van der Waals surface area (Å²) in [5, 5.41) is 0. The molecule has 46 heavy (non-hydrogen) atoms. The standard InChI is InChI=1S/C46H42/c1-31-25-26-43(46(27-31)40-20-10-7-17-34(40)4)37-29-35(41-21-11-13-23-44(41)38-18-8-5-15-32(38)2)28-36(30-37)42-22-12-14-24-45(42)39-19-9-6-16-33(39)3/h5,7-15,17-24,26-31H,6,16,25H2,1-4H3. The molecule has 0 amide bonds. The minimum absolute atomic E-state index is 0.497. The molecule has 0 spiro atoms. The summed E-state index contributed by atoms with van der Waals surface area (Å²) >= 11 is 0. The molecule has 226 valence electrons. The first-order valence-electron chi connectivity index (χ1n) is 16.7. The average molecular weight is 595 g/mol. The maximum absolute atomic E-state index is 2.49. The summed E-state index contributed by atoms with van der Waals surface area (Å²) < 4.78 is 0. The van der Waals surface area contributed by atoms with Crippen molar-refractivity contribution in [1.82, 2.24) is 0 Å². The van der Waals surface area contributed by atoms with Gasteiger partial charge in [0.15, 0.2) is 0 Å². The van der Waals surface area contributed by atoms with Gasteiger partial charge >= 0.3 is 0 Å². The molecule has 2 aliphatic carbocycles. The van der Waals surface area contributed by atoms with Crippen molar-refractivity contribution in [1.29, 1.82) is 0 Å². The molecule has 0 saturated carbocycles. The summed E-state index contributed by atoms with van der Waals surface area (Å²) in [6.45, 7) is 9.07. The van der Waals surface area contributed by atoms with E-state index < -0.39 is 0 Å². The second-order valence-corrected chi connectivity index (χ2v) is 13.1. The van der Waals surface area contributed by atoms with Gasteiger partial charge in [0.2, 0.25) is 0 Å². The molecule has 5 aromatic carbocycles. The van der Waals surface area contributed by atoms with Crippen molar-refractivity contribution in [3.05, 3.63) is 173 Å². The first kappa shape index (κ1) is 29.8. The Balaban J connectivity index is 1.48. The first-order chi connectivity index (χ1) is 22.5. The van der Waals surface area contributed by atoms with Crippen LogP contribution in [0.25, 0.3) is 50.1 Å². The highest BCUT2D eigenvalue weighted by Gasteiger charge is 2.21. The number of hydrogen-bond donors (Lipinski definition) is 0. The lowest BCUT2D eigenvalue weighted by molar-refractivity contribution is 0.742. The van der Waals surface area contributed by atoms with Gasteiger partial charge < -0.3 is 0 Å². The van der Waals surface area contributed by atoms with Gasteiger partial charge in [-0.3, -0.25) is 0 Å². The van der Waals surface area contributed by atoms with Crippen LogP contribution in [0.1, 0.15) is 60.9 Å². The third kappa shape index (κ3) is 5.77. The Morgan fingerprint density at radius 1 is 0.522 bits per heavy atom. The Bertz CT molecular complexity index is 2060. The summed E-state index contributed by atoms with van der Waals surface area (Å²) in [6, 6.07) is 42.8. The van der Waals surface area contributed by atoms with Gasteiger partial charge in [0.1, 0.15) is 0 Å². The fourth-order valence-electron chi connectivity index (χ4n) is 7.25. The molecular formula is C46H42. The highest BCUT2D eigenvalue weighted by molar-refractivity contribution is 6.07. The number of allylic oxidation sites excluding steroid dienone is 8. The third-order valence-electron chi connectivity index (χ3n) is 9.75. The zero-order valence-corrected chi connectivity index (χ0v) is 27.5. The lowest BCUT2D eigenvalue weighted by Crippen LogP contribution is -2.03. The molecule has 2 aliphatic rings. The number of aryl methyl sites for hydroxylation is 2. The molecule has 0 N–H and O–H groups in total. The summed E-state index contributed by atoms with van der Waals surface area (Å²) in [7, 11) is 0. The van der Waals surface area contributed by atoms with E-state index in [1.165, 1.54) is 83.5 Å². The minimum atomic E-state index is 0.497. The van der Waals surface area contributed by atoms with E-state index in [-0.39, 0.29) is 0 Å². The molecule has 0 radical (unpaired) electrons. The normalized spacial score (nSPS) is 16.3. The zero-order chi connectivity index (χ0) is 31.6. The lowest BCUT2D eigenvalue weighted by atomic mass is 9.80. The largest absolute Gasteiger partial charge is 0.0836 e. The molecule has 0 aliphatic heterocycles. The van der Waals surface area contributed by atoms with Crippen LogP contribution in [-0.4, -0.2) is 0 Å². The van der Waals surface area contributed by atoms with E-state index in [0.29, 0.717) is 5.92 Å². The van der Waals surface area contributed by atoms with Gasteiger partial charge in [0.25, 0.3) is 0 Å². The molecule has 0 heterocycles. The fourth-order valence-corrected chi connectivity index (χ4v) is 7.25. The quantitative estimate of drug-likeness (QED) is 0.183. The van der Waals surface area contributed by atoms with Gasteiger partial charge in [0, 0.05) is 0 Å². The maximum atomic E-state index is 2.49. The molecule has 0 saturated heterocycles. The topological polar surface area (TPSA) is 0 Å². The predicted molar refractivity (Wildman–Crippen MR) is 199 cm³/mol. The molecule has 0 nitrogen and oxygen atoms in total. The highest BCUT2D eigenvalue weighted by atomic mass is 14.3. The van der Waals surface area contributed by atoms with Crippen LogP contribution in [-0.2, 0) is 0 Å². The Morgan fingerprint density at radius 3 is 1.67 bits per heavy atom. The van der Waals surface area contributed by atoms with Crippen molar-refractivity contribution in [3.63, 3.8) is 0 Å². The van der Waals surface area contributed by atoms with Crippen LogP contribution >= 0.6 is 0 Å². The van der Waals surface area contributed by atoms with E-state index in [1.54, 1.807) is 0 Å². The third-order valence-corrected chi connectivity index (χ3v) is 9.75. The van der Waals surface area contributed by atoms with Crippen LogP contribution in [0.4, 0.5) is 0 Å². The number of hydrogen-bond acceptors (Lipinski definition) is 0. The highest BCUT2D eigenvalue weighted by Crippen LogP contribution is 2.44. The van der Waals surface area contributed by atoms with Crippen LogP contribution in [0.15, 0.2) is 145 Å². The van der Waals surface area contributed by atoms with Crippen molar-refractivity contribution < 1.29 is 0 Å². The molecule has 0 bridgehead atoms. The first-order valence-corrected chi connectivity index (χ1v) is 16.7. The van der Waals surface area contributed by atoms with E-state index in [4.69, 9.17) is 0 Å². The van der Waals surface area contributed by atoms with Crippen LogP contribution in [0.5, 0.6) is 0 Å². The van der Waals surface area contributed by atoms with E-state index in [9.17, 15) is 0 Å². The zero-order valence-electron chi connectivity index (χ0n) is 27.5. The second-order valence-electron chi connectivity index (χ2n) is 13.1. The van der Waals surface area contributed by atoms with E-state index >= 15 is 0 Å². The van der Waals surface area contributed by atoms with Gasteiger partial charge in [-0.05, 0) is 142 Å². The lowest BCUT2D eigenvalue weighted by Gasteiger charge is -2.24. The van der Waals surface area contributed by atoms with E-state index in [1.807, 2.05) is 0 Å². The van der Waals surface area contributed by atoms with Crippen LogP contribution < -0.4 is 0 Å². The van der Waals surface area contributed by atoms with E-state index in [0.717, 1.165) is 19.3 Å². The Hall–Kier alpha value is -4.94. The molecular weight excluding hydrogens is 553 g/mol. The SMILES string of the molecule is CC1=C(c2ccccc2-c2cc(C3=CCC(C)C=C3c3ccccc3C)cc(-c3ccccc3-c3ccccc3C)c2)C=CCC1. The van der Waals surface area contributed by atoms with Crippen molar-refractivity contribution in [2.45, 2.75) is 47.0 Å². The van der Waals surface area contributed by atoms with Gasteiger partial charge in [-0.15, -0.1) is 0 Å². The summed E-state index contributed by atoms with van der Waals surface area (Å²) in [6.07, 6.45) is 12.9. The Kier molecular flexibility index (Phi) is 8.29. The summed E-state index contributed by atoms with van der Waals surface area (Å²) in [5.41, 5.74) is 19.6. The average Bonchev–Trinajstić information content (AvgIpc) is 3.09. The molecule has 0 heteroatoms. The van der Waals surface area contributed by atoms with Crippen LogP contribution in [0, 0.1) is 19.8 Å². The minimum Gasteiger partial charge on any atom is -0.0836 e. The molecule has 5 aromatic rings. The summed E-state index contributed by atoms with van der Waals surface area (Å²) in [4.78, 5) is 0.